The predicted molar refractivity (Wildman–Crippen MR) is 119 cm³/mol. The molecule has 0 aliphatic rings. The molecule has 0 heterocycles. The number of methoxy groups -OCH3 is 1. The average molecular weight is 420 g/mol. The number of hydrogen-bond donors (Lipinski definition) is 1. The van der Waals surface area contributed by atoms with Gasteiger partial charge in [0, 0.05) is 24.3 Å². The van der Waals surface area contributed by atoms with Crippen molar-refractivity contribution in [2.75, 3.05) is 19.0 Å². The third-order valence-corrected chi connectivity index (χ3v) is 5.05. The van der Waals surface area contributed by atoms with Gasteiger partial charge in [-0.1, -0.05) is 30.3 Å². The molecule has 0 aliphatic carbocycles. The quantitative estimate of drug-likeness (QED) is 0.581. The van der Waals surface area contributed by atoms with Crippen molar-refractivity contribution >= 4 is 17.5 Å². The van der Waals surface area contributed by atoms with Crippen LogP contribution in [0.2, 0.25) is 0 Å². The van der Waals surface area contributed by atoms with Crippen LogP contribution < -0.4 is 10.1 Å². The third kappa shape index (κ3) is 5.28. The highest BCUT2D eigenvalue weighted by atomic mass is 19.1. The molecule has 3 rings (SSSR count). The summed E-state index contributed by atoms with van der Waals surface area (Å²) < 4.78 is 19.1. The molecule has 5 nitrogen and oxygen atoms in total. The minimum absolute atomic E-state index is 0.0479. The standard InChI is InChI=1S/C25H25FN2O3/c1-4-28(16-18-10-13-20(31-3)14-11-18)25(30)19-12-9-17(2)23(15-19)27-24(29)21-7-5-6-8-22(21)26/h5-15H,4,16H2,1-3H3,(H,27,29). The maximum Gasteiger partial charge on any atom is 0.258 e. The molecule has 0 saturated heterocycles. The van der Waals surface area contributed by atoms with Gasteiger partial charge in [0.2, 0.25) is 0 Å². The Balaban J connectivity index is 1.79. The van der Waals surface area contributed by atoms with Crippen LogP contribution in [0.3, 0.4) is 0 Å². The van der Waals surface area contributed by atoms with E-state index in [1.807, 2.05) is 38.1 Å². The van der Waals surface area contributed by atoms with Gasteiger partial charge in [-0.2, -0.15) is 0 Å². The first-order valence-electron chi connectivity index (χ1n) is 10.0. The van der Waals surface area contributed by atoms with Gasteiger partial charge < -0.3 is 15.0 Å². The molecular formula is C25H25FN2O3. The Morgan fingerprint density at radius 3 is 2.39 bits per heavy atom. The number of benzene rings is 3. The zero-order valence-electron chi connectivity index (χ0n) is 17.8. The minimum atomic E-state index is -0.596. The van der Waals surface area contributed by atoms with Crippen LogP contribution in [0, 0.1) is 12.7 Å². The fourth-order valence-corrected chi connectivity index (χ4v) is 3.19. The van der Waals surface area contributed by atoms with Gasteiger partial charge in [-0.25, -0.2) is 4.39 Å². The molecule has 0 unspecified atom stereocenters. The molecular weight excluding hydrogens is 395 g/mol. The second kappa shape index (κ2) is 9.89. The van der Waals surface area contributed by atoms with Crippen LogP contribution in [0.15, 0.2) is 66.7 Å². The lowest BCUT2D eigenvalue weighted by molar-refractivity contribution is 0.0752. The number of carbonyl (C=O) groups is 2. The van der Waals surface area contributed by atoms with Gasteiger partial charge in [-0.05, 0) is 61.4 Å². The van der Waals surface area contributed by atoms with E-state index in [-0.39, 0.29) is 11.5 Å². The van der Waals surface area contributed by atoms with Crippen molar-refractivity contribution in [1.29, 1.82) is 0 Å². The van der Waals surface area contributed by atoms with Gasteiger partial charge in [-0.3, -0.25) is 9.59 Å². The third-order valence-electron chi connectivity index (χ3n) is 5.05. The van der Waals surface area contributed by atoms with Gasteiger partial charge in [0.1, 0.15) is 11.6 Å². The molecule has 6 heteroatoms. The summed E-state index contributed by atoms with van der Waals surface area (Å²) in [4.78, 5) is 27.3. The Labute approximate surface area is 181 Å². The number of amides is 2. The molecule has 0 bridgehead atoms. The highest BCUT2D eigenvalue weighted by Crippen LogP contribution is 2.21. The molecule has 0 spiro atoms. The van der Waals surface area contributed by atoms with Crippen molar-refractivity contribution in [3.8, 4) is 5.75 Å². The number of aryl methyl sites for hydroxylation is 1. The normalized spacial score (nSPS) is 10.5. The van der Waals surface area contributed by atoms with E-state index in [1.54, 1.807) is 36.3 Å². The van der Waals surface area contributed by atoms with Crippen molar-refractivity contribution in [1.82, 2.24) is 4.90 Å². The largest absolute Gasteiger partial charge is 0.497 e. The van der Waals surface area contributed by atoms with Gasteiger partial charge in [0.15, 0.2) is 0 Å². The Kier molecular flexibility index (Phi) is 7.03. The Hall–Kier alpha value is -3.67. The van der Waals surface area contributed by atoms with Crippen LogP contribution in [-0.4, -0.2) is 30.4 Å². The van der Waals surface area contributed by atoms with E-state index in [0.29, 0.717) is 24.3 Å². The van der Waals surface area contributed by atoms with Crippen LogP contribution in [-0.2, 0) is 6.54 Å². The second-order valence-electron chi connectivity index (χ2n) is 7.13. The highest BCUT2D eigenvalue weighted by molar-refractivity contribution is 6.05. The maximum absolute atomic E-state index is 13.9. The molecule has 0 fully saturated rings. The number of rotatable bonds is 7. The fraction of sp³-hybridized carbons (Fsp3) is 0.200. The first kappa shape index (κ1) is 22.0. The van der Waals surface area contributed by atoms with Gasteiger partial charge >= 0.3 is 0 Å². The number of anilines is 1. The van der Waals surface area contributed by atoms with Crippen molar-refractivity contribution in [3.63, 3.8) is 0 Å². The smallest absolute Gasteiger partial charge is 0.258 e. The van der Waals surface area contributed by atoms with E-state index < -0.39 is 11.7 Å². The molecule has 0 aromatic heterocycles. The van der Waals surface area contributed by atoms with Crippen LogP contribution >= 0.6 is 0 Å². The summed E-state index contributed by atoms with van der Waals surface area (Å²) >= 11 is 0. The first-order valence-corrected chi connectivity index (χ1v) is 10.0. The van der Waals surface area contributed by atoms with Crippen molar-refractivity contribution in [3.05, 3.63) is 94.8 Å². The van der Waals surface area contributed by atoms with E-state index >= 15 is 0 Å². The summed E-state index contributed by atoms with van der Waals surface area (Å²) in [5.74, 6) is -0.551. The Morgan fingerprint density at radius 2 is 1.74 bits per heavy atom. The van der Waals surface area contributed by atoms with Crippen molar-refractivity contribution in [2.45, 2.75) is 20.4 Å². The molecule has 160 valence electrons. The van der Waals surface area contributed by atoms with Crippen LogP contribution in [0.1, 0.15) is 38.8 Å². The number of carbonyl (C=O) groups excluding carboxylic acids is 2. The molecule has 0 aliphatic heterocycles. The Bertz CT molecular complexity index is 1080. The highest BCUT2D eigenvalue weighted by Gasteiger charge is 2.18. The number of nitrogens with zero attached hydrogens (tertiary/aromatic N) is 1. The topological polar surface area (TPSA) is 58.6 Å². The zero-order chi connectivity index (χ0) is 22.4. The summed E-state index contributed by atoms with van der Waals surface area (Å²) in [5.41, 5.74) is 2.63. The first-order chi connectivity index (χ1) is 14.9. The zero-order valence-corrected chi connectivity index (χ0v) is 17.8. The van der Waals surface area contributed by atoms with Crippen LogP contribution in [0.4, 0.5) is 10.1 Å². The molecule has 3 aromatic carbocycles. The van der Waals surface area contributed by atoms with E-state index in [4.69, 9.17) is 4.74 Å². The number of ether oxygens (including phenoxy) is 1. The monoisotopic (exact) mass is 420 g/mol. The van der Waals surface area contributed by atoms with E-state index in [1.165, 1.54) is 18.2 Å². The lowest BCUT2D eigenvalue weighted by Crippen LogP contribution is -2.30. The summed E-state index contributed by atoms with van der Waals surface area (Å²) in [6, 6.07) is 18.5. The minimum Gasteiger partial charge on any atom is -0.497 e. The van der Waals surface area contributed by atoms with Gasteiger partial charge in [-0.15, -0.1) is 0 Å². The number of hydrogen-bond acceptors (Lipinski definition) is 3. The summed E-state index contributed by atoms with van der Waals surface area (Å²) in [5, 5.41) is 2.72. The lowest BCUT2D eigenvalue weighted by Gasteiger charge is -2.22. The number of halogens is 1. The molecule has 0 atom stereocenters. The molecule has 2 amide bonds. The van der Waals surface area contributed by atoms with E-state index in [9.17, 15) is 14.0 Å². The predicted octanol–water partition coefficient (Wildman–Crippen LogP) is 5.06. The van der Waals surface area contributed by atoms with E-state index in [0.717, 1.165) is 16.9 Å². The average Bonchev–Trinajstić information content (AvgIpc) is 2.79. The van der Waals surface area contributed by atoms with Crippen molar-refractivity contribution < 1.29 is 18.7 Å². The Morgan fingerprint density at radius 1 is 1.03 bits per heavy atom. The molecule has 31 heavy (non-hydrogen) atoms. The maximum atomic E-state index is 13.9. The fourth-order valence-electron chi connectivity index (χ4n) is 3.19. The molecule has 0 saturated carbocycles. The second-order valence-corrected chi connectivity index (χ2v) is 7.13. The molecule has 1 N–H and O–H groups in total. The van der Waals surface area contributed by atoms with E-state index in [2.05, 4.69) is 5.32 Å². The van der Waals surface area contributed by atoms with Crippen LogP contribution in [0.25, 0.3) is 0 Å². The molecule has 0 radical (unpaired) electrons. The van der Waals surface area contributed by atoms with Crippen LogP contribution in [0.5, 0.6) is 5.75 Å². The number of nitrogens with one attached hydrogen (secondary N) is 1. The van der Waals surface area contributed by atoms with Gasteiger partial charge in [0.25, 0.3) is 11.8 Å². The summed E-state index contributed by atoms with van der Waals surface area (Å²) in [6.45, 7) is 4.70. The lowest BCUT2D eigenvalue weighted by atomic mass is 10.1. The SMILES string of the molecule is CCN(Cc1ccc(OC)cc1)C(=O)c1ccc(C)c(NC(=O)c2ccccc2F)c1. The molecule has 3 aromatic rings. The summed E-state index contributed by atoms with van der Waals surface area (Å²) in [7, 11) is 1.61. The van der Waals surface area contributed by atoms with Crippen molar-refractivity contribution in [2.24, 2.45) is 0 Å². The van der Waals surface area contributed by atoms with Gasteiger partial charge in [0.05, 0.1) is 12.7 Å². The summed E-state index contributed by atoms with van der Waals surface area (Å²) in [6.07, 6.45) is 0.